The fourth-order valence-corrected chi connectivity index (χ4v) is 2.38. The first-order valence-corrected chi connectivity index (χ1v) is 7.21. The smallest absolute Gasteiger partial charge is 0.146 e. The fraction of sp³-hybridized carbons (Fsp3) is 0.562. The molecule has 0 saturated carbocycles. The predicted octanol–water partition coefficient (Wildman–Crippen LogP) is 3.48. The second-order valence-corrected chi connectivity index (χ2v) is 5.03. The molecule has 0 heterocycles. The summed E-state index contributed by atoms with van der Waals surface area (Å²) in [7, 11) is 0. The number of nitriles is 1. The van der Waals surface area contributed by atoms with Crippen molar-refractivity contribution in [3.05, 3.63) is 29.6 Å². The molecule has 0 fully saturated rings. The average Bonchev–Trinajstić information content (AvgIpc) is 2.44. The Morgan fingerprint density at radius 2 is 2.05 bits per heavy atom. The number of nitrogens with zero attached hydrogens (tertiary/aromatic N) is 2. The maximum Gasteiger partial charge on any atom is 0.146 e. The summed E-state index contributed by atoms with van der Waals surface area (Å²) in [4.78, 5) is 1.95. The number of halogens is 1. The van der Waals surface area contributed by atoms with Crippen LogP contribution in [0.25, 0.3) is 0 Å². The van der Waals surface area contributed by atoms with E-state index in [1.54, 1.807) is 6.07 Å². The van der Waals surface area contributed by atoms with Crippen molar-refractivity contribution < 1.29 is 4.39 Å². The Balaban J connectivity index is 3.16. The molecule has 4 heteroatoms. The molecule has 1 aromatic rings. The van der Waals surface area contributed by atoms with Crippen LogP contribution in [0.5, 0.6) is 0 Å². The van der Waals surface area contributed by atoms with Gasteiger partial charge in [0.15, 0.2) is 0 Å². The molecule has 2 unspecified atom stereocenters. The SMILES string of the molecule is CCNC(C)c1cccc(F)c1N(CC)CC(C)C#N. The molecule has 3 nitrogen and oxygen atoms in total. The van der Waals surface area contributed by atoms with Gasteiger partial charge in [-0.15, -0.1) is 0 Å². The highest BCUT2D eigenvalue weighted by Gasteiger charge is 2.19. The van der Waals surface area contributed by atoms with Crippen LogP contribution in [0.4, 0.5) is 10.1 Å². The molecule has 0 aliphatic heterocycles. The van der Waals surface area contributed by atoms with Crippen molar-refractivity contribution in [2.24, 2.45) is 5.92 Å². The van der Waals surface area contributed by atoms with Gasteiger partial charge in [0.2, 0.25) is 0 Å². The number of hydrogen-bond acceptors (Lipinski definition) is 3. The van der Waals surface area contributed by atoms with Crippen LogP contribution in [-0.4, -0.2) is 19.6 Å². The Bertz CT molecular complexity index is 467. The second kappa shape index (κ2) is 7.86. The van der Waals surface area contributed by atoms with Gasteiger partial charge in [0, 0.05) is 19.1 Å². The number of nitrogens with one attached hydrogen (secondary N) is 1. The number of para-hydroxylation sites is 1. The third-order valence-corrected chi connectivity index (χ3v) is 3.41. The zero-order valence-corrected chi connectivity index (χ0v) is 12.8. The van der Waals surface area contributed by atoms with Crippen molar-refractivity contribution in [1.29, 1.82) is 5.26 Å². The maximum absolute atomic E-state index is 14.3. The second-order valence-electron chi connectivity index (χ2n) is 5.03. The fourth-order valence-electron chi connectivity index (χ4n) is 2.38. The van der Waals surface area contributed by atoms with Gasteiger partial charge in [-0.25, -0.2) is 4.39 Å². The third-order valence-electron chi connectivity index (χ3n) is 3.41. The Hall–Kier alpha value is -1.60. The van der Waals surface area contributed by atoms with Crippen molar-refractivity contribution in [1.82, 2.24) is 5.32 Å². The van der Waals surface area contributed by atoms with Gasteiger partial charge in [-0.2, -0.15) is 5.26 Å². The number of benzene rings is 1. The minimum absolute atomic E-state index is 0.0807. The molecule has 0 aliphatic carbocycles. The predicted molar refractivity (Wildman–Crippen MR) is 81.2 cm³/mol. The summed E-state index contributed by atoms with van der Waals surface area (Å²) < 4.78 is 14.3. The lowest BCUT2D eigenvalue weighted by Gasteiger charge is -2.29. The lowest BCUT2D eigenvalue weighted by Crippen LogP contribution is -2.31. The lowest BCUT2D eigenvalue weighted by atomic mass is 10.0. The van der Waals surface area contributed by atoms with Crippen LogP contribution >= 0.6 is 0 Å². The molecule has 0 radical (unpaired) electrons. The van der Waals surface area contributed by atoms with Gasteiger partial charge >= 0.3 is 0 Å². The number of anilines is 1. The van der Waals surface area contributed by atoms with Crippen LogP contribution in [0.2, 0.25) is 0 Å². The van der Waals surface area contributed by atoms with E-state index >= 15 is 0 Å². The van der Waals surface area contributed by atoms with Crippen LogP contribution in [-0.2, 0) is 0 Å². The van der Waals surface area contributed by atoms with E-state index in [9.17, 15) is 4.39 Å². The molecule has 0 bridgehead atoms. The van der Waals surface area contributed by atoms with E-state index in [0.29, 0.717) is 18.8 Å². The molecule has 2 atom stereocenters. The summed E-state index contributed by atoms with van der Waals surface area (Å²) in [5.74, 6) is -0.351. The van der Waals surface area contributed by atoms with Gasteiger partial charge in [0.05, 0.1) is 17.7 Å². The Morgan fingerprint density at radius 3 is 2.60 bits per heavy atom. The topological polar surface area (TPSA) is 39.1 Å². The summed E-state index contributed by atoms with van der Waals surface area (Å²) in [6, 6.07) is 7.47. The molecule has 0 spiro atoms. The maximum atomic E-state index is 14.3. The third kappa shape index (κ3) is 3.94. The van der Waals surface area contributed by atoms with Gasteiger partial charge in [0.1, 0.15) is 5.82 Å². The van der Waals surface area contributed by atoms with Crippen LogP contribution in [0.1, 0.15) is 39.3 Å². The summed E-state index contributed by atoms with van der Waals surface area (Å²) in [5.41, 5.74) is 1.56. The van der Waals surface area contributed by atoms with Crippen LogP contribution in [0, 0.1) is 23.1 Å². The molecule has 0 amide bonds. The molecule has 0 aliphatic rings. The van der Waals surface area contributed by atoms with E-state index in [2.05, 4.69) is 11.4 Å². The summed E-state index contributed by atoms with van der Waals surface area (Å²) in [5, 5.41) is 12.3. The van der Waals surface area contributed by atoms with Gasteiger partial charge in [0.25, 0.3) is 0 Å². The van der Waals surface area contributed by atoms with Crippen molar-refractivity contribution in [3.8, 4) is 6.07 Å². The standard InChI is InChI=1S/C16H24FN3/c1-5-19-13(4)14-8-7-9-15(17)16(14)20(6-2)11-12(3)10-18/h7-9,12-13,19H,5-6,11H2,1-4H3. The average molecular weight is 277 g/mol. The normalized spacial score (nSPS) is 13.6. The van der Waals surface area contributed by atoms with Crippen LogP contribution < -0.4 is 10.2 Å². The van der Waals surface area contributed by atoms with Crippen LogP contribution in [0.15, 0.2) is 18.2 Å². The zero-order chi connectivity index (χ0) is 15.1. The largest absolute Gasteiger partial charge is 0.368 e. The van der Waals surface area contributed by atoms with E-state index in [4.69, 9.17) is 5.26 Å². The van der Waals surface area contributed by atoms with Gasteiger partial charge in [-0.1, -0.05) is 19.1 Å². The molecule has 1 aromatic carbocycles. The minimum Gasteiger partial charge on any atom is -0.368 e. The molecular weight excluding hydrogens is 253 g/mol. The first-order chi connectivity index (χ1) is 9.54. The Morgan fingerprint density at radius 1 is 1.35 bits per heavy atom. The molecule has 20 heavy (non-hydrogen) atoms. The number of rotatable bonds is 7. The van der Waals surface area contributed by atoms with Gasteiger partial charge in [-0.3, -0.25) is 0 Å². The van der Waals surface area contributed by atoms with Crippen molar-refractivity contribution in [3.63, 3.8) is 0 Å². The molecular formula is C16H24FN3. The monoisotopic (exact) mass is 277 g/mol. The van der Waals surface area contributed by atoms with Crippen molar-refractivity contribution >= 4 is 5.69 Å². The lowest BCUT2D eigenvalue weighted by molar-refractivity contribution is 0.571. The molecule has 0 saturated heterocycles. The van der Waals surface area contributed by atoms with E-state index in [-0.39, 0.29) is 17.8 Å². The van der Waals surface area contributed by atoms with Crippen molar-refractivity contribution in [2.45, 2.75) is 33.7 Å². The Labute approximate surface area is 121 Å². The highest BCUT2D eigenvalue weighted by molar-refractivity contribution is 5.56. The quantitative estimate of drug-likeness (QED) is 0.829. The van der Waals surface area contributed by atoms with Crippen LogP contribution in [0.3, 0.4) is 0 Å². The highest BCUT2D eigenvalue weighted by Crippen LogP contribution is 2.29. The molecule has 110 valence electrons. The molecule has 1 N–H and O–H groups in total. The zero-order valence-electron chi connectivity index (χ0n) is 12.8. The summed E-state index contributed by atoms with van der Waals surface area (Å²) in [6.45, 7) is 9.96. The summed E-state index contributed by atoms with van der Waals surface area (Å²) in [6.07, 6.45) is 0. The first kappa shape index (κ1) is 16.5. The number of hydrogen-bond donors (Lipinski definition) is 1. The van der Waals surface area contributed by atoms with E-state index < -0.39 is 0 Å². The molecule has 1 rings (SSSR count). The summed E-state index contributed by atoms with van der Waals surface area (Å²) >= 11 is 0. The minimum atomic E-state index is -0.223. The van der Waals surface area contributed by atoms with Gasteiger partial charge < -0.3 is 10.2 Å². The van der Waals surface area contributed by atoms with E-state index in [1.165, 1.54) is 6.07 Å². The van der Waals surface area contributed by atoms with Gasteiger partial charge in [-0.05, 0) is 38.9 Å². The van der Waals surface area contributed by atoms with E-state index in [1.807, 2.05) is 38.7 Å². The van der Waals surface area contributed by atoms with Crippen molar-refractivity contribution in [2.75, 3.05) is 24.5 Å². The Kier molecular flexibility index (Phi) is 6.47. The first-order valence-electron chi connectivity index (χ1n) is 7.21. The highest BCUT2D eigenvalue weighted by atomic mass is 19.1. The van der Waals surface area contributed by atoms with E-state index in [0.717, 1.165) is 12.1 Å². The molecule has 0 aromatic heterocycles.